The van der Waals surface area contributed by atoms with Crippen molar-refractivity contribution in [3.63, 3.8) is 0 Å². The molecule has 90 valence electrons. The first-order valence-corrected chi connectivity index (χ1v) is 6.46. The number of aliphatic hydroxyl groups is 1. The van der Waals surface area contributed by atoms with E-state index in [9.17, 15) is 8.42 Å². The fraction of sp³-hybridized carbons (Fsp3) is 0.400. The van der Waals surface area contributed by atoms with Crippen molar-refractivity contribution in [2.24, 2.45) is 0 Å². The minimum Gasteiger partial charge on any atom is -0.399 e. The molecule has 0 fully saturated rings. The summed E-state index contributed by atoms with van der Waals surface area (Å²) < 4.78 is 26.0. The van der Waals surface area contributed by atoms with E-state index in [-0.39, 0.29) is 11.5 Å². The van der Waals surface area contributed by atoms with Gasteiger partial charge in [-0.05, 0) is 30.7 Å². The third kappa shape index (κ3) is 3.19. The van der Waals surface area contributed by atoms with E-state index in [1.54, 1.807) is 6.92 Å². The number of hydrogen-bond acceptors (Lipinski definition) is 4. The molecular formula is C10H16N2O3S. The van der Waals surface area contributed by atoms with Gasteiger partial charge in [0, 0.05) is 11.7 Å². The van der Waals surface area contributed by atoms with Crippen molar-refractivity contribution in [3.8, 4) is 0 Å². The molecular weight excluding hydrogens is 228 g/mol. The standard InChI is InChI=1S/C10H16N2O3S/c1-2-9(7-13)12-16(14,15)10-5-3-8(11)4-6-10/h3-6,9,12-13H,2,7,11H2,1H3/t9-/m1/s1. The summed E-state index contributed by atoms with van der Waals surface area (Å²) in [5, 5.41) is 8.93. The molecule has 0 bridgehead atoms. The van der Waals surface area contributed by atoms with Crippen LogP contribution in [0.2, 0.25) is 0 Å². The van der Waals surface area contributed by atoms with E-state index in [2.05, 4.69) is 4.72 Å². The molecule has 1 aromatic rings. The van der Waals surface area contributed by atoms with Crippen molar-refractivity contribution < 1.29 is 13.5 Å². The lowest BCUT2D eigenvalue weighted by Gasteiger charge is -2.14. The molecule has 0 spiro atoms. The summed E-state index contributed by atoms with van der Waals surface area (Å²) in [6, 6.07) is 5.45. The highest BCUT2D eigenvalue weighted by atomic mass is 32.2. The largest absolute Gasteiger partial charge is 0.399 e. The highest BCUT2D eigenvalue weighted by Crippen LogP contribution is 2.12. The maximum absolute atomic E-state index is 11.8. The van der Waals surface area contributed by atoms with Crippen molar-refractivity contribution in [2.45, 2.75) is 24.3 Å². The van der Waals surface area contributed by atoms with Gasteiger partial charge in [-0.15, -0.1) is 0 Å². The Bertz CT molecular complexity index is 424. The van der Waals surface area contributed by atoms with Gasteiger partial charge < -0.3 is 10.8 Å². The topological polar surface area (TPSA) is 92.4 Å². The third-order valence-corrected chi connectivity index (χ3v) is 3.76. The van der Waals surface area contributed by atoms with E-state index in [1.807, 2.05) is 0 Å². The molecule has 0 amide bonds. The quantitative estimate of drug-likeness (QED) is 0.650. The number of hydrogen-bond donors (Lipinski definition) is 3. The Morgan fingerprint density at radius 2 is 1.94 bits per heavy atom. The molecule has 0 aliphatic carbocycles. The molecule has 1 atom stereocenters. The highest BCUT2D eigenvalue weighted by molar-refractivity contribution is 7.89. The van der Waals surface area contributed by atoms with Gasteiger partial charge in [0.05, 0.1) is 11.5 Å². The van der Waals surface area contributed by atoms with Gasteiger partial charge in [0.15, 0.2) is 0 Å². The minimum absolute atomic E-state index is 0.147. The van der Waals surface area contributed by atoms with E-state index in [1.165, 1.54) is 24.3 Å². The first-order chi connectivity index (χ1) is 7.49. The van der Waals surface area contributed by atoms with Crippen LogP contribution in [-0.2, 0) is 10.0 Å². The SMILES string of the molecule is CC[C@H](CO)NS(=O)(=O)c1ccc(N)cc1. The maximum atomic E-state index is 11.8. The molecule has 1 aromatic carbocycles. The molecule has 0 aliphatic heterocycles. The molecule has 16 heavy (non-hydrogen) atoms. The summed E-state index contributed by atoms with van der Waals surface area (Å²) in [6.45, 7) is 1.58. The Kier molecular flexibility index (Phi) is 4.28. The number of aliphatic hydroxyl groups excluding tert-OH is 1. The minimum atomic E-state index is -3.57. The lowest BCUT2D eigenvalue weighted by Crippen LogP contribution is -2.36. The van der Waals surface area contributed by atoms with Gasteiger partial charge >= 0.3 is 0 Å². The number of nitrogens with two attached hydrogens (primary N) is 1. The molecule has 0 radical (unpaired) electrons. The van der Waals surface area contributed by atoms with Crippen molar-refractivity contribution in [1.82, 2.24) is 4.72 Å². The van der Waals surface area contributed by atoms with Gasteiger partial charge in [-0.2, -0.15) is 0 Å². The van der Waals surface area contributed by atoms with E-state index in [0.29, 0.717) is 12.1 Å². The summed E-state index contributed by atoms with van der Waals surface area (Å²) in [6.07, 6.45) is 0.532. The summed E-state index contributed by atoms with van der Waals surface area (Å²) in [5.41, 5.74) is 5.98. The number of sulfonamides is 1. The smallest absolute Gasteiger partial charge is 0.240 e. The van der Waals surface area contributed by atoms with Crippen LogP contribution in [0.25, 0.3) is 0 Å². The van der Waals surface area contributed by atoms with Gasteiger partial charge in [-0.1, -0.05) is 6.92 Å². The first-order valence-electron chi connectivity index (χ1n) is 4.98. The molecule has 0 aromatic heterocycles. The summed E-state index contributed by atoms with van der Waals surface area (Å²) in [5.74, 6) is 0. The monoisotopic (exact) mass is 244 g/mol. The average Bonchev–Trinajstić information content (AvgIpc) is 2.26. The van der Waals surface area contributed by atoms with Crippen LogP contribution in [0.4, 0.5) is 5.69 Å². The third-order valence-electron chi connectivity index (χ3n) is 2.23. The molecule has 0 saturated heterocycles. The van der Waals surface area contributed by atoms with E-state index in [4.69, 9.17) is 10.8 Å². The Hall–Kier alpha value is -1.11. The van der Waals surface area contributed by atoms with Gasteiger partial charge in [0.2, 0.25) is 10.0 Å². The van der Waals surface area contributed by atoms with E-state index >= 15 is 0 Å². The number of nitrogens with one attached hydrogen (secondary N) is 1. The van der Waals surface area contributed by atoms with Crippen LogP contribution in [0.3, 0.4) is 0 Å². The van der Waals surface area contributed by atoms with Crippen LogP contribution in [0.15, 0.2) is 29.2 Å². The average molecular weight is 244 g/mol. The number of benzene rings is 1. The van der Waals surface area contributed by atoms with Crippen LogP contribution < -0.4 is 10.5 Å². The Morgan fingerprint density at radius 1 is 1.38 bits per heavy atom. The van der Waals surface area contributed by atoms with Crippen LogP contribution in [0.1, 0.15) is 13.3 Å². The second-order valence-electron chi connectivity index (χ2n) is 3.48. The molecule has 0 aliphatic rings. The first kappa shape index (κ1) is 13.0. The summed E-state index contributed by atoms with van der Waals surface area (Å²) in [4.78, 5) is 0.147. The zero-order chi connectivity index (χ0) is 12.2. The normalized spacial score (nSPS) is 13.6. The molecule has 6 heteroatoms. The van der Waals surface area contributed by atoms with Crippen molar-refractivity contribution in [2.75, 3.05) is 12.3 Å². The van der Waals surface area contributed by atoms with Gasteiger partial charge in [0.25, 0.3) is 0 Å². The lowest BCUT2D eigenvalue weighted by molar-refractivity contribution is 0.254. The molecule has 1 rings (SSSR count). The predicted octanol–water partition coefficient (Wildman–Crippen LogP) is 0.318. The summed E-state index contributed by atoms with van der Waals surface area (Å²) in [7, 11) is -3.57. The lowest BCUT2D eigenvalue weighted by atomic mass is 10.3. The zero-order valence-corrected chi connectivity index (χ0v) is 9.87. The summed E-state index contributed by atoms with van der Waals surface area (Å²) >= 11 is 0. The van der Waals surface area contributed by atoms with Crippen LogP contribution in [0.5, 0.6) is 0 Å². The Balaban J connectivity index is 2.89. The van der Waals surface area contributed by atoms with Gasteiger partial charge in [0.1, 0.15) is 0 Å². The fourth-order valence-corrected chi connectivity index (χ4v) is 2.49. The molecule has 0 saturated carbocycles. The fourth-order valence-electron chi connectivity index (χ4n) is 1.18. The number of anilines is 1. The maximum Gasteiger partial charge on any atom is 0.240 e. The van der Waals surface area contributed by atoms with Crippen LogP contribution >= 0.6 is 0 Å². The molecule has 0 unspecified atom stereocenters. The van der Waals surface area contributed by atoms with Crippen molar-refractivity contribution in [3.05, 3.63) is 24.3 Å². The second kappa shape index (κ2) is 5.29. The second-order valence-corrected chi connectivity index (χ2v) is 5.19. The van der Waals surface area contributed by atoms with Crippen molar-refractivity contribution in [1.29, 1.82) is 0 Å². The van der Waals surface area contributed by atoms with E-state index in [0.717, 1.165) is 0 Å². The molecule has 4 N–H and O–H groups in total. The number of rotatable bonds is 5. The number of nitrogen functional groups attached to an aromatic ring is 1. The molecule has 5 nitrogen and oxygen atoms in total. The Morgan fingerprint density at radius 3 is 2.38 bits per heavy atom. The van der Waals surface area contributed by atoms with Crippen LogP contribution in [0, 0.1) is 0 Å². The Labute approximate surface area is 95.3 Å². The van der Waals surface area contributed by atoms with Crippen LogP contribution in [-0.4, -0.2) is 26.2 Å². The highest BCUT2D eigenvalue weighted by Gasteiger charge is 2.17. The van der Waals surface area contributed by atoms with Gasteiger partial charge in [-0.3, -0.25) is 0 Å². The molecule has 0 heterocycles. The van der Waals surface area contributed by atoms with Crippen molar-refractivity contribution >= 4 is 15.7 Å². The van der Waals surface area contributed by atoms with E-state index < -0.39 is 16.1 Å². The zero-order valence-electron chi connectivity index (χ0n) is 9.05. The predicted molar refractivity (Wildman–Crippen MR) is 62.3 cm³/mol. The van der Waals surface area contributed by atoms with Gasteiger partial charge in [-0.25, -0.2) is 13.1 Å².